The molecule has 1 atom stereocenters. The van der Waals surface area contributed by atoms with E-state index in [-0.39, 0.29) is 0 Å². The second kappa shape index (κ2) is 4.81. The molecule has 2 saturated heterocycles. The van der Waals surface area contributed by atoms with Gasteiger partial charge in [0.05, 0.1) is 5.60 Å². The second-order valence-corrected chi connectivity index (χ2v) is 5.46. The lowest BCUT2D eigenvalue weighted by atomic mass is 9.90. The fraction of sp³-hybridized carbons (Fsp3) is 1.00. The van der Waals surface area contributed by atoms with Crippen molar-refractivity contribution in [2.45, 2.75) is 38.2 Å². The van der Waals surface area contributed by atoms with Gasteiger partial charge in [-0.05, 0) is 51.2 Å². The number of aliphatic hydroxyl groups is 1. The molecule has 0 spiro atoms. The van der Waals surface area contributed by atoms with Crippen molar-refractivity contribution in [2.24, 2.45) is 5.92 Å². The Kier molecular flexibility index (Phi) is 3.65. The SMILES string of the molecule is CC1CCCN(CC2(O)CCNCC2)C1. The maximum atomic E-state index is 10.4. The average molecular weight is 212 g/mol. The van der Waals surface area contributed by atoms with Gasteiger partial charge in [-0.2, -0.15) is 0 Å². The maximum Gasteiger partial charge on any atom is 0.0798 e. The number of likely N-dealkylation sites (tertiary alicyclic amines) is 1. The van der Waals surface area contributed by atoms with Gasteiger partial charge in [-0.1, -0.05) is 6.92 Å². The van der Waals surface area contributed by atoms with Gasteiger partial charge in [0.1, 0.15) is 0 Å². The quantitative estimate of drug-likeness (QED) is 0.712. The van der Waals surface area contributed by atoms with E-state index in [1.807, 2.05) is 0 Å². The summed E-state index contributed by atoms with van der Waals surface area (Å²) in [5.74, 6) is 0.809. The van der Waals surface area contributed by atoms with Gasteiger partial charge < -0.3 is 15.3 Å². The fourth-order valence-electron chi connectivity index (χ4n) is 2.90. The van der Waals surface area contributed by atoms with Gasteiger partial charge >= 0.3 is 0 Å². The van der Waals surface area contributed by atoms with Crippen LogP contribution in [0.5, 0.6) is 0 Å². The van der Waals surface area contributed by atoms with E-state index in [9.17, 15) is 5.11 Å². The molecule has 0 saturated carbocycles. The van der Waals surface area contributed by atoms with Crippen molar-refractivity contribution in [1.82, 2.24) is 10.2 Å². The molecule has 0 aromatic rings. The summed E-state index contributed by atoms with van der Waals surface area (Å²) in [5.41, 5.74) is -0.414. The summed E-state index contributed by atoms with van der Waals surface area (Å²) >= 11 is 0. The molecule has 2 heterocycles. The number of hydrogen-bond donors (Lipinski definition) is 2. The number of piperidine rings is 2. The van der Waals surface area contributed by atoms with E-state index in [4.69, 9.17) is 0 Å². The maximum absolute atomic E-state index is 10.4. The molecule has 0 amide bonds. The van der Waals surface area contributed by atoms with Gasteiger partial charge in [-0.3, -0.25) is 0 Å². The fourth-order valence-corrected chi connectivity index (χ4v) is 2.90. The molecule has 88 valence electrons. The molecule has 0 bridgehead atoms. The van der Waals surface area contributed by atoms with E-state index in [1.165, 1.54) is 25.9 Å². The summed E-state index contributed by atoms with van der Waals surface area (Å²) in [6.45, 7) is 7.51. The lowest BCUT2D eigenvalue weighted by Crippen LogP contribution is -2.51. The van der Waals surface area contributed by atoms with Crippen molar-refractivity contribution < 1.29 is 5.11 Å². The predicted octanol–water partition coefficient (Wildman–Crippen LogP) is 0.833. The molecule has 0 aromatic heterocycles. The van der Waals surface area contributed by atoms with Crippen LogP contribution in [0.2, 0.25) is 0 Å². The van der Waals surface area contributed by atoms with Crippen molar-refractivity contribution in [1.29, 1.82) is 0 Å². The van der Waals surface area contributed by atoms with Crippen LogP contribution < -0.4 is 5.32 Å². The first-order valence-corrected chi connectivity index (χ1v) is 6.33. The molecule has 2 rings (SSSR count). The Morgan fingerprint density at radius 1 is 1.40 bits per heavy atom. The van der Waals surface area contributed by atoms with Crippen LogP contribution in [0.1, 0.15) is 32.6 Å². The molecule has 2 aliphatic heterocycles. The normalized spacial score (nSPS) is 32.8. The highest BCUT2D eigenvalue weighted by molar-refractivity contribution is 4.88. The Balaban J connectivity index is 1.83. The Bertz CT molecular complexity index is 202. The van der Waals surface area contributed by atoms with Crippen LogP contribution in [0.3, 0.4) is 0 Å². The highest BCUT2D eigenvalue weighted by Crippen LogP contribution is 2.23. The van der Waals surface area contributed by atoms with Crippen LogP contribution in [0.4, 0.5) is 0 Å². The molecule has 3 nitrogen and oxygen atoms in total. The number of nitrogens with one attached hydrogen (secondary N) is 1. The first kappa shape index (κ1) is 11.4. The van der Waals surface area contributed by atoms with Crippen molar-refractivity contribution in [3.8, 4) is 0 Å². The molecule has 2 N–H and O–H groups in total. The minimum atomic E-state index is -0.414. The highest BCUT2D eigenvalue weighted by atomic mass is 16.3. The zero-order valence-electron chi connectivity index (χ0n) is 9.84. The zero-order chi connectivity index (χ0) is 10.7. The van der Waals surface area contributed by atoms with Gasteiger partial charge in [0.25, 0.3) is 0 Å². The molecule has 0 aromatic carbocycles. The predicted molar refractivity (Wildman–Crippen MR) is 61.9 cm³/mol. The van der Waals surface area contributed by atoms with Crippen LogP contribution >= 0.6 is 0 Å². The van der Waals surface area contributed by atoms with Crippen molar-refractivity contribution in [3.05, 3.63) is 0 Å². The summed E-state index contributed by atoms with van der Waals surface area (Å²) in [6.07, 6.45) is 4.49. The van der Waals surface area contributed by atoms with E-state index < -0.39 is 5.60 Å². The minimum Gasteiger partial charge on any atom is -0.388 e. The average Bonchev–Trinajstić information content (AvgIpc) is 2.18. The third kappa shape index (κ3) is 3.16. The zero-order valence-corrected chi connectivity index (χ0v) is 9.84. The van der Waals surface area contributed by atoms with Crippen LogP contribution in [-0.2, 0) is 0 Å². The minimum absolute atomic E-state index is 0.414. The summed E-state index contributed by atoms with van der Waals surface area (Å²) in [4.78, 5) is 2.46. The molecule has 0 radical (unpaired) electrons. The van der Waals surface area contributed by atoms with Gasteiger partial charge in [-0.25, -0.2) is 0 Å². The van der Waals surface area contributed by atoms with E-state index in [1.54, 1.807) is 0 Å². The Morgan fingerprint density at radius 2 is 2.13 bits per heavy atom. The highest BCUT2D eigenvalue weighted by Gasteiger charge is 2.32. The summed E-state index contributed by atoms with van der Waals surface area (Å²) in [6, 6.07) is 0. The van der Waals surface area contributed by atoms with Gasteiger partial charge in [0.2, 0.25) is 0 Å². The molecular formula is C12H24N2O. The van der Waals surface area contributed by atoms with E-state index in [0.29, 0.717) is 0 Å². The Morgan fingerprint density at radius 3 is 2.80 bits per heavy atom. The third-order valence-electron chi connectivity index (χ3n) is 3.79. The second-order valence-electron chi connectivity index (χ2n) is 5.46. The van der Waals surface area contributed by atoms with Gasteiger partial charge in [-0.15, -0.1) is 0 Å². The van der Waals surface area contributed by atoms with Crippen LogP contribution in [-0.4, -0.2) is 48.3 Å². The number of β-amino-alcohol motifs (C(OH)–C–C–N with tert-alkyl or cyclic N) is 1. The van der Waals surface area contributed by atoms with Crippen molar-refractivity contribution >= 4 is 0 Å². The number of hydrogen-bond acceptors (Lipinski definition) is 3. The molecule has 3 heteroatoms. The van der Waals surface area contributed by atoms with Crippen LogP contribution in [0, 0.1) is 5.92 Å². The Hall–Kier alpha value is -0.120. The molecule has 2 fully saturated rings. The number of rotatable bonds is 2. The third-order valence-corrected chi connectivity index (χ3v) is 3.79. The summed E-state index contributed by atoms with van der Waals surface area (Å²) < 4.78 is 0. The monoisotopic (exact) mass is 212 g/mol. The van der Waals surface area contributed by atoms with Crippen LogP contribution in [0.15, 0.2) is 0 Å². The molecule has 15 heavy (non-hydrogen) atoms. The largest absolute Gasteiger partial charge is 0.388 e. The molecule has 2 aliphatic rings. The van der Waals surface area contributed by atoms with E-state index in [2.05, 4.69) is 17.1 Å². The molecule has 0 aliphatic carbocycles. The molecule has 1 unspecified atom stereocenters. The summed E-state index contributed by atoms with van der Waals surface area (Å²) in [7, 11) is 0. The molecular weight excluding hydrogens is 188 g/mol. The van der Waals surface area contributed by atoms with E-state index >= 15 is 0 Å². The van der Waals surface area contributed by atoms with E-state index in [0.717, 1.165) is 38.4 Å². The smallest absolute Gasteiger partial charge is 0.0798 e. The topological polar surface area (TPSA) is 35.5 Å². The van der Waals surface area contributed by atoms with Crippen molar-refractivity contribution in [2.75, 3.05) is 32.7 Å². The lowest BCUT2D eigenvalue weighted by Gasteiger charge is -2.40. The number of nitrogens with zero attached hydrogens (tertiary/aromatic N) is 1. The summed E-state index contributed by atoms with van der Waals surface area (Å²) in [5, 5.41) is 13.7. The van der Waals surface area contributed by atoms with Crippen LogP contribution in [0.25, 0.3) is 0 Å². The van der Waals surface area contributed by atoms with Gasteiger partial charge in [0, 0.05) is 13.1 Å². The first-order valence-electron chi connectivity index (χ1n) is 6.33. The van der Waals surface area contributed by atoms with Gasteiger partial charge in [0.15, 0.2) is 0 Å². The van der Waals surface area contributed by atoms with Crippen molar-refractivity contribution in [3.63, 3.8) is 0 Å². The Labute approximate surface area is 92.8 Å². The first-order chi connectivity index (χ1) is 7.18. The lowest BCUT2D eigenvalue weighted by molar-refractivity contribution is -0.0285. The standard InChI is InChI=1S/C12H24N2O/c1-11-3-2-8-14(9-11)10-12(15)4-6-13-7-5-12/h11,13,15H,2-10H2,1H3.